The smallest absolute Gasteiger partial charge is 0.363 e. The van der Waals surface area contributed by atoms with E-state index in [0.29, 0.717) is 0 Å². The van der Waals surface area contributed by atoms with Gasteiger partial charge >= 0.3 is 11.3 Å². The fourth-order valence-electron chi connectivity index (χ4n) is 7.34. The third kappa shape index (κ3) is 7.29. The van der Waals surface area contributed by atoms with Crippen molar-refractivity contribution in [2.45, 2.75) is 19.3 Å². The number of anilines is 2. The van der Waals surface area contributed by atoms with Crippen LogP contribution in [0.2, 0.25) is 0 Å². The second kappa shape index (κ2) is 15.3. The molecule has 0 saturated heterocycles. The summed E-state index contributed by atoms with van der Waals surface area (Å²) in [6, 6.07) is 46.7. The zero-order valence-electron chi connectivity index (χ0n) is 31.4. The van der Waals surface area contributed by atoms with Crippen LogP contribution in [0.1, 0.15) is 41.5 Å². The van der Waals surface area contributed by atoms with Crippen molar-refractivity contribution in [1.82, 2.24) is 0 Å². The standard InChI is InChI=1S/C50H45N2O2/c1-51(2)42-27-29-44-40(31-46(53-48(44)33-42)35-15-8-5-9-16-35)25-23-38-21-14-22-39(50(38)37-19-12-7-13-20-37)24-26-41-32-47(36-17-10-6-11-18-36)54-49-34-43(52(3)4)28-30-45(41)49/h5-13,15-20,23-34H,14,21-22H2,1-4H3/q+1. The molecule has 0 spiro atoms. The van der Waals surface area contributed by atoms with Crippen LogP contribution < -0.4 is 14.5 Å². The largest absolute Gasteiger partial charge is 0.456 e. The zero-order valence-corrected chi connectivity index (χ0v) is 31.4. The third-order valence-corrected chi connectivity index (χ3v) is 10.2. The van der Waals surface area contributed by atoms with E-state index in [9.17, 15) is 0 Å². The summed E-state index contributed by atoms with van der Waals surface area (Å²) in [7, 11) is 8.24. The van der Waals surface area contributed by atoms with E-state index in [4.69, 9.17) is 9.15 Å². The first-order chi connectivity index (χ1) is 26.4. The van der Waals surface area contributed by atoms with Crippen LogP contribution in [-0.4, -0.2) is 28.2 Å². The van der Waals surface area contributed by atoms with Gasteiger partial charge in [-0.2, -0.15) is 0 Å². The summed E-state index contributed by atoms with van der Waals surface area (Å²) in [5.41, 5.74) is 13.8. The number of fused-ring (bicyclic) bond motifs is 2. The van der Waals surface area contributed by atoms with Gasteiger partial charge in [-0.1, -0.05) is 103 Å². The van der Waals surface area contributed by atoms with Crippen LogP contribution in [0.5, 0.6) is 5.75 Å². The number of benzene rings is 5. The summed E-state index contributed by atoms with van der Waals surface area (Å²) in [6.45, 7) is 0. The molecular weight excluding hydrogens is 661 g/mol. The Hall–Kier alpha value is -6.39. The van der Waals surface area contributed by atoms with Gasteiger partial charge in [0.05, 0.1) is 23.1 Å². The van der Waals surface area contributed by atoms with Crippen LogP contribution in [0, 0.1) is 0 Å². The highest BCUT2D eigenvalue weighted by Gasteiger charge is 2.22. The van der Waals surface area contributed by atoms with Gasteiger partial charge in [0.25, 0.3) is 0 Å². The Morgan fingerprint density at radius 2 is 1.26 bits per heavy atom. The minimum Gasteiger partial charge on any atom is -0.456 e. The fourth-order valence-corrected chi connectivity index (χ4v) is 7.34. The second-order valence-corrected chi connectivity index (χ2v) is 14.3. The van der Waals surface area contributed by atoms with Gasteiger partial charge in [-0.3, -0.25) is 0 Å². The van der Waals surface area contributed by atoms with Gasteiger partial charge in [-0.15, -0.1) is 0 Å². The lowest BCUT2D eigenvalue weighted by molar-refractivity contribution is 0.509. The maximum absolute atomic E-state index is 6.54. The fraction of sp³-hybridized carbons (Fsp3) is 0.140. The summed E-state index contributed by atoms with van der Waals surface area (Å²) in [5, 5.41) is 1.09. The second-order valence-electron chi connectivity index (χ2n) is 14.3. The Kier molecular flexibility index (Phi) is 9.83. The molecule has 1 aromatic heterocycles. The molecule has 4 heteroatoms. The van der Waals surface area contributed by atoms with Crippen molar-refractivity contribution in [1.29, 1.82) is 0 Å². The number of ether oxygens (including phenoxy) is 1. The Labute approximate surface area is 319 Å². The van der Waals surface area contributed by atoms with Crippen LogP contribution in [0.4, 0.5) is 11.4 Å². The van der Waals surface area contributed by atoms with E-state index in [0.717, 1.165) is 86.7 Å². The van der Waals surface area contributed by atoms with Gasteiger partial charge in [0.1, 0.15) is 11.5 Å². The molecule has 0 unspecified atom stereocenters. The lowest BCUT2D eigenvalue weighted by atomic mass is 9.82. The van der Waals surface area contributed by atoms with Gasteiger partial charge in [0.2, 0.25) is 0 Å². The molecule has 6 aromatic rings. The maximum Gasteiger partial charge on any atom is 0.363 e. The van der Waals surface area contributed by atoms with Crippen LogP contribution in [0.15, 0.2) is 173 Å². The molecule has 5 aromatic carbocycles. The Bertz CT molecular complexity index is 2470. The average molecular weight is 706 g/mol. The van der Waals surface area contributed by atoms with E-state index >= 15 is 0 Å². The van der Waals surface area contributed by atoms with Gasteiger partial charge < -0.3 is 14.5 Å². The Morgan fingerprint density at radius 1 is 0.611 bits per heavy atom. The first kappa shape index (κ1) is 34.7. The normalized spacial score (nSPS) is 15.7. The molecule has 1 aliphatic heterocycles. The van der Waals surface area contributed by atoms with E-state index in [-0.39, 0.29) is 0 Å². The summed E-state index contributed by atoms with van der Waals surface area (Å²) in [4.78, 5) is 4.22. The molecule has 0 bridgehead atoms. The first-order valence-electron chi connectivity index (χ1n) is 18.7. The maximum atomic E-state index is 6.54. The molecule has 0 atom stereocenters. The molecule has 0 fully saturated rings. The molecule has 54 heavy (non-hydrogen) atoms. The summed E-state index contributed by atoms with van der Waals surface area (Å²) >= 11 is 0. The lowest BCUT2D eigenvalue weighted by Crippen LogP contribution is -2.10. The monoisotopic (exact) mass is 705 g/mol. The molecule has 2 heterocycles. The number of hydrogen-bond acceptors (Lipinski definition) is 3. The molecule has 2 aliphatic rings. The number of hydrogen-bond donors (Lipinski definition) is 0. The third-order valence-electron chi connectivity index (χ3n) is 10.2. The molecule has 4 nitrogen and oxygen atoms in total. The molecule has 1 aliphatic carbocycles. The summed E-state index contributed by atoms with van der Waals surface area (Å²) in [6.07, 6.45) is 14.5. The Balaban J connectivity index is 1.25. The number of nitrogens with zero attached hydrogens (tertiary/aromatic N) is 2. The van der Waals surface area contributed by atoms with Crippen molar-refractivity contribution < 1.29 is 9.15 Å². The highest BCUT2D eigenvalue weighted by Crippen LogP contribution is 2.42. The van der Waals surface area contributed by atoms with Crippen molar-refractivity contribution in [3.63, 3.8) is 0 Å². The lowest BCUT2D eigenvalue weighted by Gasteiger charge is -2.24. The molecule has 0 amide bonds. The van der Waals surface area contributed by atoms with E-state index in [2.05, 4.69) is 190 Å². The van der Waals surface area contributed by atoms with Gasteiger partial charge in [-0.25, -0.2) is 4.42 Å². The number of rotatable bonds is 8. The van der Waals surface area contributed by atoms with Crippen molar-refractivity contribution in [2.75, 3.05) is 38.0 Å². The van der Waals surface area contributed by atoms with E-state index in [1.54, 1.807) is 0 Å². The van der Waals surface area contributed by atoms with Gasteiger partial charge in [0.15, 0.2) is 0 Å². The molecule has 0 saturated carbocycles. The highest BCUT2D eigenvalue weighted by molar-refractivity contribution is 5.93. The highest BCUT2D eigenvalue weighted by atomic mass is 16.5. The molecular formula is C50H45N2O2+. The van der Waals surface area contributed by atoms with Crippen molar-refractivity contribution in [3.8, 4) is 17.1 Å². The molecule has 266 valence electrons. The van der Waals surface area contributed by atoms with E-state index < -0.39 is 0 Å². The minimum atomic E-state index is 0.851. The quantitative estimate of drug-likeness (QED) is 0.147. The Morgan fingerprint density at radius 3 is 1.96 bits per heavy atom. The molecule has 0 N–H and O–H groups in total. The molecule has 0 radical (unpaired) electrons. The van der Waals surface area contributed by atoms with Crippen LogP contribution >= 0.6 is 0 Å². The number of allylic oxidation sites excluding steroid dienone is 8. The van der Waals surface area contributed by atoms with Crippen LogP contribution in [0.25, 0.3) is 45.3 Å². The van der Waals surface area contributed by atoms with Crippen LogP contribution in [-0.2, 0) is 0 Å². The van der Waals surface area contributed by atoms with Crippen molar-refractivity contribution in [2.24, 2.45) is 0 Å². The predicted molar refractivity (Wildman–Crippen MR) is 229 cm³/mol. The van der Waals surface area contributed by atoms with E-state index in [1.165, 1.54) is 22.3 Å². The summed E-state index contributed by atoms with van der Waals surface area (Å²) < 4.78 is 13.1. The molecule has 8 rings (SSSR count). The minimum absolute atomic E-state index is 0.851. The summed E-state index contributed by atoms with van der Waals surface area (Å²) in [5.74, 6) is 2.57. The zero-order chi connectivity index (χ0) is 37.0. The topological polar surface area (TPSA) is 27.0 Å². The van der Waals surface area contributed by atoms with Gasteiger partial charge in [0, 0.05) is 62.3 Å². The predicted octanol–water partition coefficient (Wildman–Crippen LogP) is 12.6. The SMILES string of the molecule is CN(C)c1ccc2c(c1)OC(c1ccccc1)=C/C2=C\C=C1/CCCC(/C=C/c2cc(-c3ccccc3)[o+]c3cc(N(C)C)ccc23)=C1c1ccccc1. The van der Waals surface area contributed by atoms with Crippen molar-refractivity contribution >= 4 is 45.3 Å². The van der Waals surface area contributed by atoms with E-state index in [1.807, 2.05) is 12.1 Å². The first-order valence-corrected chi connectivity index (χ1v) is 18.7. The van der Waals surface area contributed by atoms with Gasteiger partial charge in [-0.05, 0) is 89.6 Å². The van der Waals surface area contributed by atoms with Crippen molar-refractivity contribution in [3.05, 3.63) is 191 Å². The average Bonchev–Trinajstić information content (AvgIpc) is 3.22. The van der Waals surface area contributed by atoms with Crippen LogP contribution in [0.3, 0.4) is 0 Å².